The lowest BCUT2D eigenvalue weighted by Gasteiger charge is -2.20. The van der Waals surface area contributed by atoms with E-state index >= 15 is 0 Å². The molecule has 1 aromatic heterocycles. The second-order valence-corrected chi connectivity index (χ2v) is 6.91. The molecule has 0 fully saturated rings. The summed E-state index contributed by atoms with van der Waals surface area (Å²) < 4.78 is 6.71. The zero-order valence-corrected chi connectivity index (χ0v) is 15.9. The van der Waals surface area contributed by atoms with Gasteiger partial charge >= 0.3 is 0 Å². The molecule has 2 aromatic carbocycles. The zero-order valence-electron chi connectivity index (χ0n) is 14.3. The van der Waals surface area contributed by atoms with Crippen LogP contribution in [-0.4, -0.2) is 26.8 Å². The lowest BCUT2D eigenvalue weighted by molar-refractivity contribution is -0.135. The number of carbonyl (C=O) groups excluding carboxylic acids is 1. The molecule has 27 heavy (non-hydrogen) atoms. The minimum Gasteiger partial charge on any atom is -0.449 e. The molecule has 1 unspecified atom stereocenters. The highest BCUT2D eigenvalue weighted by atomic mass is 79.9. The molecule has 4 rings (SSSR count). The summed E-state index contributed by atoms with van der Waals surface area (Å²) in [6, 6.07) is 14.7. The second-order valence-electron chi connectivity index (χ2n) is 6.06. The minimum atomic E-state index is -0.687. The average Bonchev–Trinajstić information content (AvgIpc) is 3.07. The Morgan fingerprint density at radius 1 is 1.22 bits per heavy atom. The van der Waals surface area contributed by atoms with E-state index < -0.39 is 6.23 Å². The highest BCUT2D eigenvalue weighted by molar-refractivity contribution is 9.10. The van der Waals surface area contributed by atoms with Gasteiger partial charge in [-0.1, -0.05) is 46.3 Å². The number of nitrogens with one attached hydrogen (secondary N) is 1. The van der Waals surface area contributed by atoms with Gasteiger partial charge in [0.05, 0.1) is 17.5 Å². The Morgan fingerprint density at radius 2 is 1.96 bits per heavy atom. The quantitative estimate of drug-likeness (QED) is 0.696. The van der Waals surface area contributed by atoms with Crippen molar-refractivity contribution in [3.05, 3.63) is 74.6 Å². The first-order valence-corrected chi connectivity index (χ1v) is 9.08. The first-order valence-electron chi connectivity index (χ1n) is 8.29. The summed E-state index contributed by atoms with van der Waals surface area (Å²) in [6.45, 7) is 1.42. The van der Waals surface area contributed by atoms with Gasteiger partial charge in [-0.25, -0.2) is 4.98 Å². The summed E-state index contributed by atoms with van der Waals surface area (Å²) in [5.41, 5.74) is 2.09. The average molecular weight is 427 g/mol. The largest absolute Gasteiger partial charge is 0.449 e. The molecule has 7 nitrogen and oxygen atoms in total. The fraction of sp³-hybridized carbons (Fsp3) is 0.158. The fourth-order valence-corrected chi connectivity index (χ4v) is 3.37. The number of nitrogens with zero attached hydrogens (tertiary/aromatic N) is 3. The van der Waals surface area contributed by atoms with Gasteiger partial charge in [0.2, 0.25) is 18.0 Å². The molecule has 1 amide bonds. The molecule has 0 aliphatic carbocycles. The van der Waals surface area contributed by atoms with Crippen LogP contribution in [0.5, 0.6) is 0 Å². The number of hydrazone groups is 1. The van der Waals surface area contributed by atoms with Crippen LogP contribution in [0.4, 0.5) is 0 Å². The number of aromatic nitrogens is 2. The molecule has 136 valence electrons. The number of aromatic amines is 1. The molecule has 0 spiro atoms. The molecular formula is C19H15BrN4O3. The molecule has 1 aliphatic heterocycles. The Morgan fingerprint density at radius 3 is 2.74 bits per heavy atom. The van der Waals surface area contributed by atoms with Crippen molar-refractivity contribution in [2.75, 3.05) is 0 Å². The van der Waals surface area contributed by atoms with Gasteiger partial charge < -0.3 is 9.72 Å². The summed E-state index contributed by atoms with van der Waals surface area (Å²) in [6.07, 6.45) is -0.599. The van der Waals surface area contributed by atoms with Crippen molar-refractivity contribution in [3.8, 4) is 0 Å². The normalized spacial score (nSPS) is 16.3. The lowest BCUT2D eigenvalue weighted by Crippen LogP contribution is -2.25. The van der Waals surface area contributed by atoms with Gasteiger partial charge in [-0.2, -0.15) is 5.01 Å². The number of H-pyrrole nitrogens is 1. The number of hydrogen-bond donors (Lipinski definition) is 1. The standard InChI is InChI=1S/C19H15BrN4O3/c1-11(25)24-19(12-6-2-3-7-13(12)20)27-17(23-24)10-16-18(26)22-15-9-5-4-8-14(15)21-16/h2-9,19H,10H2,1H3,(H,22,26). The maximum absolute atomic E-state index is 12.3. The van der Waals surface area contributed by atoms with Crippen LogP contribution < -0.4 is 5.56 Å². The lowest BCUT2D eigenvalue weighted by atomic mass is 10.2. The fourth-order valence-electron chi connectivity index (χ4n) is 2.89. The molecule has 8 heteroatoms. The van der Waals surface area contributed by atoms with E-state index in [-0.39, 0.29) is 29.5 Å². The van der Waals surface area contributed by atoms with Gasteiger partial charge in [-0.15, -0.1) is 5.10 Å². The number of para-hydroxylation sites is 2. The van der Waals surface area contributed by atoms with Gasteiger partial charge in [0.15, 0.2) is 0 Å². The monoisotopic (exact) mass is 426 g/mol. The molecule has 0 radical (unpaired) electrons. The van der Waals surface area contributed by atoms with Crippen molar-refractivity contribution in [3.63, 3.8) is 0 Å². The molecule has 0 bridgehead atoms. The van der Waals surface area contributed by atoms with Gasteiger partial charge in [-0.05, 0) is 18.2 Å². The maximum Gasteiger partial charge on any atom is 0.270 e. The number of carbonyl (C=O) groups is 1. The molecule has 3 aromatic rings. The number of halogens is 1. The van der Waals surface area contributed by atoms with Gasteiger partial charge in [0.25, 0.3) is 5.56 Å². The number of rotatable bonds is 3. The smallest absolute Gasteiger partial charge is 0.270 e. The van der Waals surface area contributed by atoms with E-state index in [1.54, 1.807) is 6.07 Å². The van der Waals surface area contributed by atoms with E-state index in [0.717, 1.165) is 10.0 Å². The van der Waals surface area contributed by atoms with Gasteiger partial charge in [-0.3, -0.25) is 9.59 Å². The minimum absolute atomic E-state index is 0.0882. The first kappa shape index (κ1) is 17.4. The first-order chi connectivity index (χ1) is 13.0. The summed E-state index contributed by atoms with van der Waals surface area (Å²) in [5, 5.41) is 5.54. The van der Waals surface area contributed by atoms with Crippen LogP contribution >= 0.6 is 15.9 Å². The summed E-state index contributed by atoms with van der Waals surface area (Å²) in [5.74, 6) is 0.00497. The highest BCUT2D eigenvalue weighted by Crippen LogP contribution is 2.33. The molecule has 0 saturated heterocycles. The number of benzene rings is 2. The van der Waals surface area contributed by atoms with Crippen LogP contribution in [-0.2, 0) is 16.0 Å². The predicted octanol–water partition coefficient (Wildman–Crippen LogP) is 3.12. The van der Waals surface area contributed by atoms with Crippen molar-refractivity contribution in [1.82, 2.24) is 15.0 Å². The molecule has 2 heterocycles. The second kappa shape index (κ2) is 6.96. The van der Waals surface area contributed by atoms with Crippen LogP contribution in [0.15, 0.2) is 62.9 Å². The number of fused-ring (bicyclic) bond motifs is 1. The highest BCUT2D eigenvalue weighted by Gasteiger charge is 2.34. The number of amides is 1. The van der Waals surface area contributed by atoms with Crippen LogP contribution in [0, 0.1) is 0 Å². The summed E-state index contributed by atoms with van der Waals surface area (Å²) in [4.78, 5) is 31.6. The summed E-state index contributed by atoms with van der Waals surface area (Å²) >= 11 is 3.47. The van der Waals surface area contributed by atoms with Crippen molar-refractivity contribution in [2.45, 2.75) is 19.6 Å². The van der Waals surface area contributed by atoms with Crippen LogP contribution in [0.3, 0.4) is 0 Å². The van der Waals surface area contributed by atoms with E-state index in [1.807, 2.05) is 42.5 Å². The molecule has 1 N–H and O–H groups in total. The third kappa shape index (κ3) is 3.35. The van der Waals surface area contributed by atoms with Crippen molar-refractivity contribution < 1.29 is 9.53 Å². The maximum atomic E-state index is 12.3. The Hall–Kier alpha value is -3.00. The van der Waals surface area contributed by atoms with Gasteiger partial charge in [0.1, 0.15) is 5.69 Å². The Labute approximate surface area is 162 Å². The Bertz CT molecular complexity index is 1130. The third-order valence-electron chi connectivity index (χ3n) is 4.17. The molecule has 0 saturated carbocycles. The van der Waals surface area contributed by atoms with Crippen LogP contribution in [0.1, 0.15) is 24.4 Å². The Kier molecular flexibility index (Phi) is 4.49. The SMILES string of the molecule is CC(=O)N1N=C(Cc2nc3ccccc3[nH]c2=O)OC1c1ccccc1Br. The third-order valence-corrected chi connectivity index (χ3v) is 4.89. The van der Waals surface area contributed by atoms with E-state index in [0.29, 0.717) is 11.0 Å². The van der Waals surface area contributed by atoms with E-state index in [4.69, 9.17) is 4.74 Å². The zero-order chi connectivity index (χ0) is 19.0. The molecule has 1 atom stereocenters. The van der Waals surface area contributed by atoms with Crippen molar-refractivity contribution in [1.29, 1.82) is 0 Å². The van der Waals surface area contributed by atoms with E-state index in [2.05, 4.69) is 31.0 Å². The Balaban J connectivity index is 1.66. The number of hydrogen-bond acceptors (Lipinski definition) is 5. The number of ether oxygens (including phenoxy) is 1. The van der Waals surface area contributed by atoms with E-state index in [1.165, 1.54) is 11.9 Å². The molecular weight excluding hydrogens is 412 g/mol. The molecule has 1 aliphatic rings. The van der Waals surface area contributed by atoms with Crippen LogP contribution in [0.2, 0.25) is 0 Å². The summed E-state index contributed by atoms with van der Waals surface area (Å²) in [7, 11) is 0. The van der Waals surface area contributed by atoms with Crippen molar-refractivity contribution >= 4 is 38.8 Å². The van der Waals surface area contributed by atoms with Crippen LogP contribution in [0.25, 0.3) is 11.0 Å². The van der Waals surface area contributed by atoms with Crippen molar-refractivity contribution in [2.24, 2.45) is 5.10 Å². The topological polar surface area (TPSA) is 87.7 Å². The van der Waals surface area contributed by atoms with Gasteiger partial charge in [0, 0.05) is 17.0 Å². The predicted molar refractivity (Wildman–Crippen MR) is 104 cm³/mol. The van der Waals surface area contributed by atoms with E-state index in [9.17, 15) is 9.59 Å².